The predicted molar refractivity (Wildman–Crippen MR) is 49.9 cm³/mol. The average molecular weight is 225 g/mol. The summed E-state index contributed by atoms with van der Waals surface area (Å²) in [5.74, 6) is -0.148. The van der Waals surface area contributed by atoms with Crippen LogP contribution in [-0.4, -0.2) is 32.2 Å². The topological polar surface area (TPSA) is 35.5 Å². The first kappa shape index (κ1) is 10.8. The second kappa shape index (κ2) is 4.84. The lowest BCUT2D eigenvalue weighted by Gasteiger charge is -2.05. The molecule has 0 aromatic carbocycles. The second-order valence-electron chi connectivity index (χ2n) is 2.70. The SMILES string of the molecule is COC/C(Cl)=C1/C(=O)OCC1CCl. The van der Waals surface area contributed by atoms with Gasteiger partial charge in [0.1, 0.15) is 0 Å². The highest BCUT2D eigenvalue weighted by Crippen LogP contribution is 2.27. The van der Waals surface area contributed by atoms with Crippen molar-refractivity contribution in [2.45, 2.75) is 0 Å². The van der Waals surface area contributed by atoms with Gasteiger partial charge in [0, 0.05) is 18.9 Å². The van der Waals surface area contributed by atoms with Crippen molar-refractivity contribution >= 4 is 29.2 Å². The van der Waals surface area contributed by atoms with Crippen LogP contribution in [0.25, 0.3) is 0 Å². The zero-order chi connectivity index (χ0) is 9.84. The van der Waals surface area contributed by atoms with Gasteiger partial charge in [0.25, 0.3) is 0 Å². The fraction of sp³-hybridized carbons (Fsp3) is 0.625. The van der Waals surface area contributed by atoms with E-state index >= 15 is 0 Å². The first-order valence-electron chi connectivity index (χ1n) is 3.81. The number of halogens is 2. The van der Waals surface area contributed by atoms with Gasteiger partial charge in [-0.15, -0.1) is 11.6 Å². The van der Waals surface area contributed by atoms with Crippen molar-refractivity contribution in [3.63, 3.8) is 0 Å². The molecule has 0 aliphatic carbocycles. The van der Waals surface area contributed by atoms with E-state index in [9.17, 15) is 4.79 Å². The summed E-state index contributed by atoms with van der Waals surface area (Å²) in [6, 6.07) is 0. The largest absolute Gasteiger partial charge is 0.462 e. The fourth-order valence-corrected chi connectivity index (χ4v) is 1.75. The summed E-state index contributed by atoms with van der Waals surface area (Å²) < 4.78 is 9.63. The molecule has 3 nitrogen and oxygen atoms in total. The number of carbonyl (C=O) groups is 1. The Balaban J connectivity index is 2.84. The van der Waals surface area contributed by atoms with Crippen LogP contribution in [0.15, 0.2) is 10.6 Å². The van der Waals surface area contributed by atoms with Crippen molar-refractivity contribution in [2.24, 2.45) is 5.92 Å². The van der Waals surface area contributed by atoms with Crippen LogP contribution in [0.4, 0.5) is 0 Å². The molecule has 13 heavy (non-hydrogen) atoms. The predicted octanol–water partition coefficient (Wildman–Crippen LogP) is 1.54. The van der Waals surface area contributed by atoms with Crippen LogP contribution in [0.3, 0.4) is 0 Å². The molecule has 0 spiro atoms. The van der Waals surface area contributed by atoms with Gasteiger partial charge in [0.2, 0.25) is 0 Å². The van der Waals surface area contributed by atoms with Crippen LogP contribution >= 0.6 is 23.2 Å². The Kier molecular flexibility index (Phi) is 4.03. The molecule has 0 bridgehead atoms. The Morgan fingerprint density at radius 3 is 3.00 bits per heavy atom. The molecular weight excluding hydrogens is 215 g/mol. The third-order valence-electron chi connectivity index (χ3n) is 1.79. The summed E-state index contributed by atoms with van der Waals surface area (Å²) in [7, 11) is 1.51. The van der Waals surface area contributed by atoms with Crippen molar-refractivity contribution in [3.05, 3.63) is 10.6 Å². The van der Waals surface area contributed by atoms with Gasteiger partial charge in [-0.1, -0.05) is 11.6 Å². The Morgan fingerprint density at radius 2 is 2.46 bits per heavy atom. The minimum Gasteiger partial charge on any atom is -0.462 e. The molecule has 1 rings (SSSR count). The Labute approximate surface area is 86.6 Å². The van der Waals surface area contributed by atoms with Crippen LogP contribution in [0, 0.1) is 5.92 Å². The standard InChI is InChI=1S/C8H10Cl2O3/c1-12-4-6(10)7-5(2-9)3-13-8(7)11/h5H,2-4H2,1H3/b7-6-. The molecule has 0 radical (unpaired) electrons. The maximum absolute atomic E-state index is 11.2. The lowest BCUT2D eigenvalue weighted by atomic mass is 10.0. The van der Waals surface area contributed by atoms with E-state index < -0.39 is 0 Å². The molecule has 0 aromatic rings. The molecule has 5 heteroatoms. The molecule has 1 fully saturated rings. The molecule has 0 saturated carbocycles. The van der Waals surface area contributed by atoms with Gasteiger partial charge in [0.15, 0.2) is 0 Å². The van der Waals surface area contributed by atoms with E-state index in [4.69, 9.17) is 32.7 Å². The molecule has 0 amide bonds. The maximum Gasteiger partial charge on any atom is 0.335 e. The number of hydrogen-bond donors (Lipinski definition) is 0. The van der Waals surface area contributed by atoms with Crippen LogP contribution < -0.4 is 0 Å². The van der Waals surface area contributed by atoms with Crippen molar-refractivity contribution in [2.75, 3.05) is 26.2 Å². The van der Waals surface area contributed by atoms with Gasteiger partial charge < -0.3 is 9.47 Å². The number of ether oxygens (including phenoxy) is 2. The maximum atomic E-state index is 11.2. The van der Waals surface area contributed by atoms with Crippen LogP contribution in [0.1, 0.15) is 0 Å². The number of cyclic esters (lactones) is 1. The van der Waals surface area contributed by atoms with Crippen molar-refractivity contribution in [1.29, 1.82) is 0 Å². The summed E-state index contributed by atoms with van der Waals surface area (Å²) in [5, 5.41) is 0.385. The summed E-state index contributed by atoms with van der Waals surface area (Å²) in [6.45, 7) is 0.539. The van der Waals surface area contributed by atoms with Gasteiger partial charge >= 0.3 is 5.97 Å². The normalized spacial score (nSPS) is 26.1. The first-order chi connectivity index (χ1) is 6.20. The van der Waals surface area contributed by atoms with Gasteiger partial charge in [0.05, 0.1) is 23.8 Å². The van der Waals surface area contributed by atoms with Gasteiger partial charge in [-0.05, 0) is 0 Å². The number of hydrogen-bond acceptors (Lipinski definition) is 3. The Bertz CT molecular complexity index is 238. The number of carbonyl (C=O) groups excluding carboxylic acids is 1. The van der Waals surface area contributed by atoms with Crippen molar-refractivity contribution < 1.29 is 14.3 Å². The number of rotatable bonds is 3. The number of methoxy groups -OCH3 is 1. The number of esters is 1. The molecule has 1 unspecified atom stereocenters. The van der Waals surface area contributed by atoms with E-state index in [1.807, 2.05) is 0 Å². The van der Waals surface area contributed by atoms with Crippen LogP contribution in [0.5, 0.6) is 0 Å². The second-order valence-corrected chi connectivity index (χ2v) is 3.47. The summed E-state index contributed by atoms with van der Waals surface area (Å²) >= 11 is 11.5. The van der Waals surface area contributed by atoms with Crippen LogP contribution in [0.2, 0.25) is 0 Å². The molecule has 1 aliphatic heterocycles. The lowest BCUT2D eigenvalue weighted by Crippen LogP contribution is -2.08. The van der Waals surface area contributed by atoms with Crippen molar-refractivity contribution in [1.82, 2.24) is 0 Å². The zero-order valence-electron chi connectivity index (χ0n) is 7.18. The van der Waals surface area contributed by atoms with E-state index in [1.54, 1.807) is 0 Å². The van der Waals surface area contributed by atoms with E-state index in [2.05, 4.69) is 0 Å². The smallest absolute Gasteiger partial charge is 0.335 e. The monoisotopic (exact) mass is 224 g/mol. The van der Waals surface area contributed by atoms with Gasteiger partial charge in [-0.3, -0.25) is 0 Å². The third kappa shape index (κ3) is 2.36. The van der Waals surface area contributed by atoms with Gasteiger partial charge in [-0.25, -0.2) is 4.79 Å². The highest BCUT2D eigenvalue weighted by atomic mass is 35.5. The Hall–Kier alpha value is -0.250. The molecule has 1 atom stereocenters. The summed E-state index contributed by atoms with van der Waals surface area (Å²) in [6.07, 6.45) is 0. The minimum absolute atomic E-state index is 0.100. The Morgan fingerprint density at radius 1 is 1.77 bits per heavy atom. The molecule has 0 N–H and O–H groups in total. The van der Waals surface area contributed by atoms with Crippen LogP contribution in [-0.2, 0) is 14.3 Å². The van der Waals surface area contributed by atoms with E-state index in [0.717, 1.165) is 0 Å². The zero-order valence-corrected chi connectivity index (χ0v) is 8.69. The fourth-order valence-electron chi connectivity index (χ4n) is 1.16. The first-order valence-corrected chi connectivity index (χ1v) is 4.72. The molecule has 1 saturated heterocycles. The molecule has 0 aromatic heterocycles. The molecule has 1 aliphatic rings. The number of alkyl halides is 1. The van der Waals surface area contributed by atoms with Crippen molar-refractivity contribution in [3.8, 4) is 0 Å². The quantitative estimate of drug-likeness (QED) is 0.415. The molecular formula is C8H10Cl2O3. The highest BCUT2D eigenvalue weighted by molar-refractivity contribution is 6.32. The average Bonchev–Trinajstić information content (AvgIpc) is 2.47. The van der Waals surface area contributed by atoms with Gasteiger partial charge in [-0.2, -0.15) is 0 Å². The lowest BCUT2D eigenvalue weighted by molar-refractivity contribution is -0.135. The van der Waals surface area contributed by atoms with E-state index in [1.165, 1.54) is 7.11 Å². The third-order valence-corrected chi connectivity index (χ3v) is 2.48. The summed E-state index contributed by atoms with van der Waals surface area (Å²) in [5.41, 5.74) is 0.457. The molecule has 1 heterocycles. The highest BCUT2D eigenvalue weighted by Gasteiger charge is 2.32. The molecule has 74 valence electrons. The van der Waals surface area contributed by atoms with E-state index in [0.29, 0.717) is 23.1 Å². The summed E-state index contributed by atoms with van der Waals surface area (Å²) in [4.78, 5) is 11.2. The minimum atomic E-state index is -0.382. The van der Waals surface area contributed by atoms with E-state index in [-0.39, 0.29) is 18.5 Å².